The Morgan fingerprint density at radius 2 is 1.64 bits per heavy atom. The van der Waals surface area contributed by atoms with Crippen molar-refractivity contribution in [3.8, 4) is 0 Å². The average Bonchev–Trinajstić information content (AvgIpc) is 2.83. The molecule has 3 amide bonds. The molecule has 1 heterocycles. The first-order chi connectivity index (χ1) is 11.7. The topological polar surface area (TPSA) is 82.1 Å². The third-order valence-electron chi connectivity index (χ3n) is 5.35. The number of hydrogen-bond acceptors (Lipinski definition) is 3. The van der Waals surface area contributed by atoms with E-state index in [0.29, 0.717) is 25.9 Å². The van der Waals surface area contributed by atoms with Crippen LogP contribution in [0, 0.1) is 0 Å². The number of hydrogen-bond donors (Lipinski definition) is 2. The molecule has 25 heavy (non-hydrogen) atoms. The molecule has 1 saturated heterocycles. The van der Waals surface area contributed by atoms with Gasteiger partial charge in [0.1, 0.15) is 0 Å². The van der Waals surface area contributed by atoms with Crippen LogP contribution in [-0.2, 0) is 4.74 Å². The monoisotopic (exact) mass is 365 g/mol. The van der Waals surface area contributed by atoms with Crippen LogP contribution in [0.4, 0.5) is 22.8 Å². The molecule has 0 aromatic carbocycles. The molecule has 0 aromatic rings. The van der Waals surface area contributed by atoms with Crippen molar-refractivity contribution in [3.63, 3.8) is 0 Å². The highest BCUT2D eigenvalue weighted by Gasteiger charge is 2.46. The molecule has 0 radical (unpaired) electrons. The van der Waals surface area contributed by atoms with E-state index in [0.717, 1.165) is 12.8 Å². The predicted molar refractivity (Wildman–Crippen MR) is 80.0 cm³/mol. The second-order valence-electron chi connectivity index (χ2n) is 6.94. The summed E-state index contributed by atoms with van der Waals surface area (Å²) in [6, 6.07) is -0.305. The zero-order valence-electron chi connectivity index (χ0n) is 13.7. The van der Waals surface area contributed by atoms with E-state index in [2.05, 4.69) is 10.1 Å². The first-order valence-corrected chi connectivity index (χ1v) is 8.54. The predicted octanol–water partition coefficient (Wildman–Crippen LogP) is 2.37. The van der Waals surface area contributed by atoms with Crippen LogP contribution in [0.15, 0.2) is 0 Å². The van der Waals surface area contributed by atoms with E-state index in [-0.39, 0.29) is 37.0 Å². The quantitative estimate of drug-likeness (QED) is 0.801. The van der Waals surface area contributed by atoms with E-state index in [9.17, 15) is 22.8 Å². The van der Waals surface area contributed by atoms with Crippen molar-refractivity contribution in [1.82, 2.24) is 15.1 Å². The van der Waals surface area contributed by atoms with E-state index in [1.807, 2.05) is 0 Å². The number of nitrogens with one attached hydrogen (secondary N) is 1. The highest BCUT2D eigenvalue weighted by atomic mass is 19.4. The summed E-state index contributed by atoms with van der Waals surface area (Å²) in [6.45, 7) is 1.09. The summed E-state index contributed by atoms with van der Waals surface area (Å²) in [6.07, 6.45) is -3.25. The van der Waals surface area contributed by atoms with Crippen molar-refractivity contribution in [2.45, 2.75) is 69.1 Å². The summed E-state index contributed by atoms with van der Waals surface area (Å²) in [5.74, 6) is 0. The number of alkyl halides is 3. The molecular weight excluding hydrogens is 343 g/mol. The minimum Gasteiger partial charge on any atom is -0.465 e. The second kappa shape index (κ2) is 6.89. The van der Waals surface area contributed by atoms with Crippen molar-refractivity contribution < 1.29 is 32.6 Å². The van der Waals surface area contributed by atoms with Crippen LogP contribution >= 0.6 is 0 Å². The Balaban J connectivity index is 1.45. The fourth-order valence-corrected chi connectivity index (χ4v) is 4.03. The van der Waals surface area contributed by atoms with Gasteiger partial charge < -0.3 is 20.2 Å². The number of amides is 3. The fraction of sp³-hybridized carbons (Fsp3) is 0.867. The Kier molecular flexibility index (Phi) is 4.99. The first-order valence-electron chi connectivity index (χ1n) is 8.54. The number of urea groups is 1. The first kappa shape index (κ1) is 18.1. The maximum atomic E-state index is 12.6. The molecule has 3 fully saturated rings. The van der Waals surface area contributed by atoms with Crippen LogP contribution in [-0.4, -0.2) is 70.7 Å². The molecule has 3 aliphatic rings. The van der Waals surface area contributed by atoms with E-state index < -0.39 is 18.6 Å². The zero-order valence-corrected chi connectivity index (χ0v) is 13.7. The van der Waals surface area contributed by atoms with Gasteiger partial charge in [-0.1, -0.05) is 0 Å². The molecule has 1 aliphatic heterocycles. The number of ether oxygens (including phenoxy) is 1. The Morgan fingerprint density at radius 3 is 2.16 bits per heavy atom. The van der Waals surface area contributed by atoms with Crippen LogP contribution < -0.4 is 5.32 Å². The number of rotatable bonds is 4. The lowest BCUT2D eigenvalue weighted by Crippen LogP contribution is -2.52. The van der Waals surface area contributed by atoms with Gasteiger partial charge >= 0.3 is 18.5 Å². The highest BCUT2D eigenvalue weighted by molar-refractivity contribution is 5.77. The van der Waals surface area contributed by atoms with E-state index in [4.69, 9.17) is 5.11 Å². The van der Waals surface area contributed by atoms with Crippen molar-refractivity contribution in [1.29, 1.82) is 0 Å². The molecule has 0 aromatic heterocycles. The molecule has 2 aliphatic carbocycles. The number of carbonyl (C=O) groups excluding carboxylic acids is 1. The van der Waals surface area contributed by atoms with Gasteiger partial charge in [-0.3, -0.25) is 4.74 Å². The number of carboxylic acid groups (broad SMARTS) is 1. The van der Waals surface area contributed by atoms with E-state index in [1.54, 1.807) is 9.80 Å². The van der Waals surface area contributed by atoms with Crippen LogP contribution in [0.1, 0.15) is 38.5 Å². The standard InChI is InChI=1S/C15H22F3N3O4/c16-15(17,18)25-12-7-11(8-12)21-6-5-20(14(21)24)10-3-1-9(2-4-10)19-13(22)23/h9-12,19H,1-8H2,(H,22,23)/t9-,10-,11?,12?. The lowest BCUT2D eigenvalue weighted by molar-refractivity contribution is -0.353. The Hall–Kier alpha value is -1.71. The summed E-state index contributed by atoms with van der Waals surface area (Å²) >= 11 is 0. The summed E-state index contributed by atoms with van der Waals surface area (Å²) < 4.78 is 40.5. The lowest BCUT2D eigenvalue weighted by atomic mass is 9.88. The molecule has 142 valence electrons. The SMILES string of the molecule is O=C(O)N[C@H]1CC[C@H](N2CCN(C3CC(OC(F)(F)F)C3)C2=O)CC1. The van der Waals surface area contributed by atoms with Gasteiger partial charge in [0, 0.05) is 31.2 Å². The molecule has 3 rings (SSSR count). The number of halogens is 3. The fourth-order valence-electron chi connectivity index (χ4n) is 4.03. The van der Waals surface area contributed by atoms with Gasteiger partial charge in [0.25, 0.3) is 0 Å². The van der Waals surface area contributed by atoms with E-state index in [1.165, 1.54) is 0 Å². The summed E-state index contributed by atoms with van der Waals surface area (Å²) in [5.41, 5.74) is 0. The average molecular weight is 365 g/mol. The molecule has 7 nitrogen and oxygen atoms in total. The third-order valence-corrected chi connectivity index (χ3v) is 5.35. The van der Waals surface area contributed by atoms with Crippen molar-refractivity contribution in [2.75, 3.05) is 13.1 Å². The normalized spacial score (nSPS) is 33.3. The maximum absolute atomic E-state index is 12.6. The van der Waals surface area contributed by atoms with E-state index >= 15 is 0 Å². The van der Waals surface area contributed by atoms with Crippen molar-refractivity contribution in [2.24, 2.45) is 0 Å². The minimum atomic E-state index is -4.63. The molecule has 0 spiro atoms. The smallest absolute Gasteiger partial charge is 0.465 e. The van der Waals surface area contributed by atoms with Gasteiger partial charge in [-0.15, -0.1) is 13.2 Å². The summed E-state index contributed by atoms with van der Waals surface area (Å²) in [7, 11) is 0. The van der Waals surface area contributed by atoms with Crippen LogP contribution in [0.5, 0.6) is 0 Å². The maximum Gasteiger partial charge on any atom is 0.522 e. The van der Waals surface area contributed by atoms with Gasteiger partial charge in [0.15, 0.2) is 0 Å². The van der Waals surface area contributed by atoms with Gasteiger partial charge in [0.05, 0.1) is 6.10 Å². The number of carbonyl (C=O) groups is 2. The molecule has 2 saturated carbocycles. The zero-order chi connectivity index (χ0) is 18.2. The number of nitrogens with zero attached hydrogens (tertiary/aromatic N) is 2. The van der Waals surface area contributed by atoms with Gasteiger partial charge in [-0.05, 0) is 38.5 Å². The molecule has 0 unspecified atom stereocenters. The van der Waals surface area contributed by atoms with Gasteiger partial charge in [0.2, 0.25) is 0 Å². The van der Waals surface area contributed by atoms with Crippen LogP contribution in [0.3, 0.4) is 0 Å². The molecule has 2 N–H and O–H groups in total. The Labute approximate surface area is 143 Å². The molecular formula is C15H22F3N3O4. The second-order valence-corrected chi connectivity index (χ2v) is 6.94. The van der Waals surface area contributed by atoms with Crippen molar-refractivity contribution >= 4 is 12.1 Å². The van der Waals surface area contributed by atoms with Crippen LogP contribution in [0.25, 0.3) is 0 Å². The Morgan fingerprint density at radius 1 is 1.08 bits per heavy atom. The van der Waals surface area contributed by atoms with Crippen molar-refractivity contribution in [3.05, 3.63) is 0 Å². The summed E-state index contributed by atoms with van der Waals surface area (Å²) in [5, 5.41) is 11.2. The highest BCUT2D eigenvalue weighted by Crippen LogP contribution is 2.36. The molecule has 0 atom stereocenters. The third kappa shape index (κ3) is 4.28. The largest absolute Gasteiger partial charge is 0.522 e. The van der Waals surface area contributed by atoms with Gasteiger partial charge in [-0.25, -0.2) is 9.59 Å². The van der Waals surface area contributed by atoms with Crippen LogP contribution in [0.2, 0.25) is 0 Å². The molecule has 10 heteroatoms. The lowest BCUT2D eigenvalue weighted by Gasteiger charge is -2.41. The van der Waals surface area contributed by atoms with Gasteiger partial charge in [-0.2, -0.15) is 0 Å². The minimum absolute atomic E-state index is 0.0746. The molecule has 0 bridgehead atoms. The summed E-state index contributed by atoms with van der Waals surface area (Å²) in [4.78, 5) is 26.7. The Bertz CT molecular complexity index is 517.